The molecule has 0 aliphatic carbocycles. The highest BCUT2D eigenvalue weighted by Crippen LogP contribution is 2.28. The van der Waals surface area contributed by atoms with Crippen LogP contribution < -0.4 is 10.0 Å². The predicted molar refractivity (Wildman–Crippen MR) is 67.1 cm³/mol. The molecule has 1 heterocycles. The summed E-state index contributed by atoms with van der Waals surface area (Å²) in [6.45, 7) is 4.03. The van der Waals surface area contributed by atoms with Gasteiger partial charge in [-0.15, -0.1) is 0 Å². The van der Waals surface area contributed by atoms with Crippen LogP contribution in [0.1, 0.15) is 25.3 Å². The van der Waals surface area contributed by atoms with E-state index in [1.54, 1.807) is 12.1 Å². The van der Waals surface area contributed by atoms with E-state index in [-0.39, 0.29) is 15.9 Å². The number of hydrogen-bond donors (Lipinski definition) is 2. The molecule has 2 rings (SSSR count). The molecule has 0 saturated carbocycles. The Morgan fingerprint density at radius 1 is 1.31 bits per heavy atom. The Morgan fingerprint density at radius 3 is 2.62 bits per heavy atom. The molecule has 1 aliphatic rings. The highest BCUT2D eigenvalue weighted by atomic mass is 32.2. The molecule has 0 atom stereocenters. The number of sulfonamides is 1. The van der Waals surface area contributed by atoms with E-state index in [1.165, 1.54) is 0 Å². The van der Waals surface area contributed by atoms with Crippen LogP contribution in [-0.4, -0.2) is 13.5 Å². The monoisotopic (exact) mass is 256 g/mol. The molecule has 1 aliphatic heterocycles. The average molecular weight is 256 g/mol. The molecule has 16 heavy (non-hydrogen) atoms. The first kappa shape index (κ1) is 11.3. The molecule has 0 bridgehead atoms. The smallest absolute Gasteiger partial charge is 0.265 e. The Bertz CT molecular complexity index is 550. The van der Waals surface area contributed by atoms with Crippen molar-refractivity contribution in [2.45, 2.75) is 24.7 Å². The minimum absolute atomic E-state index is 0.116. The fourth-order valence-electron chi connectivity index (χ4n) is 1.55. The number of anilines is 1. The van der Waals surface area contributed by atoms with Crippen molar-refractivity contribution in [3.05, 3.63) is 23.8 Å². The van der Waals surface area contributed by atoms with Gasteiger partial charge in [0.2, 0.25) is 0 Å². The van der Waals surface area contributed by atoms with Crippen LogP contribution in [0.25, 0.3) is 0 Å². The largest absolute Gasteiger partial charge is 0.331 e. The van der Waals surface area contributed by atoms with Gasteiger partial charge in [-0.3, -0.25) is 4.72 Å². The quantitative estimate of drug-likeness (QED) is 0.752. The van der Waals surface area contributed by atoms with Crippen molar-refractivity contribution in [2.75, 3.05) is 5.32 Å². The van der Waals surface area contributed by atoms with Crippen LogP contribution >= 0.6 is 12.2 Å². The lowest BCUT2D eigenvalue weighted by Crippen LogP contribution is -2.39. The molecule has 0 saturated heterocycles. The van der Waals surface area contributed by atoms with E-state index in [9.17, 15) is 8.42 Å². The maximum atomic E-state index is 11.8. The van der Waals surface area contributed by atoms with Crippen molar-refractivity contribution >= 4 is 33.0 Å². The molecule has 0 aromatic heterocycles. The number of nitrogens with one attached hydrogen (secondary N) is 2. The molecule has 0 spiro atoms. The minimum Gasteiger partial charge on any atom is -0.331 e. The van der Waals surface area contributed by atoms with E-state index in [4.69, 9.17) is 12.2 Å². The Hall–Kier alpha value is -1.14. The minimum atomic E-state index is -3.50. The third kappa shape index (κ3) is 1.90. The summed E-state index contributed by atoms with van der Waals surface area (Å²) in [4.78, 5) is 0.257. The normalized spacial score (nSPS) is 17.6. The Labute approximate surface area is 100 Å². The number of benzene rings is 1. The van der Waals surface area contributed by atoms with Gasteiger partial charge < -0.3 is 5.32 Å². The summed E-state index contributed by atoms with van der Waals surface area (Å²) in [5, 5.41) is 2.94. The maximum absolute atomic E-state index is 11.8. The maximum Gasteiger partial charge on any atom is 0.265 e. The van der Waals surface area contributed by atoms with Gasteiger partial charge in [-0.05, 0) is 35.8 Å². The molecule has 6 heteroatoms. The molecule has 1 aromatic carbocycles. The molecule has 86 valence electrons. The molecular formula is C10H12N2O2S2. The van der Waals surface area contributed by atoms with Crippen molar-refractivity contribution in [1.29, 1.82) is 0 Å². The van der Waals surface area contributed by atoms with Gasteiger partial charge in [0.1, 0.15) is 4.90 Å². The first-order valence-corrected chi connectivity index (χ1v) is 6.77. The average Bonchev–Trinajstić information content (AvgIpc) is 2.15. The Kier molecular flexibility index (Phi) is 2.63. The van der Waals surface area contributed by atoms with Gasteiger partial charge in [-0.1, -0.05) is 19.9 Å². The molecule has 0 unspecified atom stereocenters. The zero-order valence-corrected chi connectivity index (χ0v) is 10.6. The number of thiocarbonyl (C=S) groups is 1. The number of fused-ring (bicyclic) bond motifs is 1. The van der Waals surface area contributed by atoms with Gasteiger partial charge in [-0.25, -0.2) is 8.42 Å². The van der Waals surface area contributed by atoms with Crippen LogP contribution in [0.15, 0.2) is 23.1 Å². The van der Waals surface area contributed by atoms with Crippen molar-refractivity contribution < 1.29 is 8.42 Å². The van der Waals surface area contributed by atoms with Crippen molar-refractivity contribution in [2.24, 2.45) is 0 Å². The van der Waals surface area contributed by atoms with Gasteiger partial charge in [0.05, 0.1) is 5.69 Å². The Balaban J connectivity index is 2.62. The SMILES string of the molecule is CC(C)c1ccc2c(c1)S(=O)(=O)NC(=S)N2. The molecule has 4 nitrogen and oxygen atoms in total. The van der Waals surface area contributed by atoms with Crippen LogP contribution in [0.3, 0.4) is 0 Å². The van der Waals surface area contributed by atoms with E-state index in [0.29, 0.717) is 5.69 Å². The van der Waals surface area contributed by atoms with E-state index >= 15 is 0 Å². The second kappa shape index (κ2) is 3.71. The third-order valence-corrected chi connectivity index (χ3v) is 4.16. The second-order valence-corrected chi connectivity index (χ2v) is 6.03. The van der Waals surface area contributed by atoms with Crippen molar-refractivity contribution in [1.82, 2.24) is 4.72 Å². The summed E-state index contributed by atoms with van der Waals surface area (Å²) in [6, 6.07) is 5.33. The summed E-state index contributed by atoms with van der Waals surface area (Å²) < 4.78 is 25.9. The lowest BCUT2D eigenvalue weighted by molar-refractivity contribution is 0.592. The summed E-state index contributed by atoms with van der Waals surface area (Å²) in [5.74, 6) is 0.286. The first-order chi connectivity index (χ1) is 7.40. The van der Waals surface area contributed by atoms with Crippen LogP contribution in [0.5, 0.6) is 0 Å². The van der Waals surface area contributed by atoms with Gasteiger partial charge in [0.25, 0.3) is 10.0 Å². The third-order valence-electron chi connectivity index (χ3n) is 2.44. The van der Waals surface area contributed by atoms with E-state index in [0.717, 1.165) is 5.56 Å². The predicted octanol–water partition coefficient (Wildman–Crippen LogP) is 1.80. The van der Waals surface area contributed by atoms with E-state index in [2.05, 4.69) is 10.0 Å². The highest BCUT2D eigenvalue weighted by Gasteiger charge is 2.25. The molecule has 0 amide bonds. The molecule has 1 aromatic rings. The number of hydrogen-bond acceptors (Lipinski definition) is 3. The van der Waals surface area contributed by atoms with Gasteiger partial charge >= 0.3 is 0 Å². The van der Waals surface area contributed by atoms with Gasteiger partial charge in [-0.2, -0.15) is 0 Å². The fourth-order valence-corrected chi connectivity index (χ4v) is 3.09. The van der Waals surface area contributed by atoms with Crippen molar-refractivity contribution in [3.63, 3.8) is 0 Å². The second-order valence-electron chi connectivity index (χ2n) is 3.97. The van der Waals surface area contributed by atoms with E-state index in [1.807, 2.05) is 19.9 Å². The van der Waals surface area contributed by atoms with E-state index < -0.39 is 10.0 Å². The van der Waals surface area contributed by atoms with Crippen LogP contribution in [0, 0.1) is 0 Å². The van der Waals surface area contributed by atoms with Gasteiger partial charge in [0.15, 0.2) is 5.11 Å². The molecule has 0 fully saturated rings. The fraction of sp³-hybridized carbons (Fsp3) is 0.300. The lowest BCUT2D eigenvalue weighted by atomic mass is 10.0. The van der Waals surface area contributed by atoms with Crippen LogP contribution in [0.2, 0.25) is 0 Å². The number of rotatable bonds is 1. The molecule has 0 radical (unpaired) electrons. The molecular weight excluding hydrogens is 244 g/mol. The topological polar surface area (TPSA) is 58.2 Å². The summed E-state index contributed by atoms with van der Waals surface area (Å²) >= 11 is 4.81. The first-order valence-electron chi connectivity index (χ1n) is 4.88. The highest BCUT2D eigenvalue weighted by molar-refractivity contribution is 7.92. The van der Waals surface area contributed by atoms with Crippen LogP contribution in [-0.2, 0) is 10.0 Å². The zero-order valence-electron chi connectivity index (χ0n) is 8.94. The Morgan fingerprint density at radius 2 is 2.00 bits per heavy atom. The lowest BCUT2D eigenvalue weighted by Gasteiger charge is -2.21. The summed E-state index contributed by atoms with van der Waals surface area (Å²) in [6.07, 6.45) is 0. The van der Waals surface area contributed by atoms with Gasteiger partial charge in [0, 0.05) is 0 Å². The molecule has 2 N–H and O–H groups in total. The zero-order chi connectivity index (χ0) is 11.9. The standard InChI is InChI=1S/C10H12N2O2S2/c1-6(2)7-3-4-8-9(5-7)16(13,14)12-10(15)11-8/h3-6H,1-2H3,(H2,11,12,15). The van der Waals surface area contributed by atoms with Crippen molar-refractivity contribution in [3.8, 4) is 0 Å². The summed E-state index contributed by atoms with van der Waals surface area (Å²) in [7, 11) is -3.50. The van der Waals surface area contributed by atoms with Crippen LogP contribution in [0.4, 0.5) is 5.69 Å². The summed E-state index contributed by atoms with van der Waals surface area (Å²) in [5.41, 5.74) is 1.52.